The first-order chi connectivity index (χ1) is 17.6. The van der Waals surface area contributed by atoms with Crippen molar-refractivity contribution in [2.45, 2.75) is 57.5 Å². The molecule has 2 aliphatic carbocycles. The highest BCUT2D eigenvalue weighted by atomic mass is 16.2. The predicted molar refractivity (Wildman–Crippen MR) is 137 cm³/mol. The maximum absolute atomic E-state index is 12.8. The van der Waals surface area contributed by atoms with E-state index in [9.17, 15) is 9.59 Å². The fourth-order valence-electron chi connectivity index (χ4n) is 4.88. The van der Waals surface area contributed by atoms with Crippen LogP contribution in [0, 0.1) is 6.92 Å². The zero-order valence-electron chi connectivity index (χ0n) is 20.2. The summed E-state index contributed by atoms with van der Waals surface area (Å²) in [6.45, 7) is 2.00. The van der Waals surface area contributed by atoms with E-state index in [1.165, 1.54) is 19.2 Å². The summed E-state index contributed by atoms with van der Waals surface area (Å²) in [5, 5.41) is 6.19. The fourth-order valence-corrected chi connectivity index (χ4v) is 4.88. The monoisotopic (exact) mass is 480 g/mol. The first-order valence-electron chi connectivity index (χ1n) is 12.6. The second-order valence-corrected chi connectivity index (χ2v) is 9.79. The number of benzene rings is 2. The van der Waals surface area contributed by atoms with Gasteiger partial charge in [-0.05, 0) is 62.4 Å². The number of carbonyl (C=O) groups is 2. The quantitative estimate of drug-likeness (QED) is 0.427. The van der Waals surface area contributed by atoms with Crippen molar-refractivity contribution >= 4 is 23.0 Å². The van der Waals surface area contributed by atoms with Gasteiger partial charge in [-0.1, -0.05) is 31.0 Å². The molecule has 0 aliphatic heterocycles. The minimum Gasteiger partial charge on any atom is -0.349 e. The molecule has 0 bridgehead atoms. The summed E-state index contributed by atoms with van der Waals surface area (Å²) >= 11 is 0. The normalized spacial score (nSPS) is 15.8. The molecule has 2 N–H and O–H groups in total. The van der Waals surface area contributed by atoms with Gasteiger partial charge in [-0.25, -0.2) is 15.0 Å². The highest BCUT2D eigenvalue weighted by Crippen LogP contribution is 2.28. The molecule has 0 atom stereocenters. The number of imidazole rings is 1. The standard InChI is InChI=1S/C28H28N6O2/c1-17-9-10-20(28(36)33-22-11-12-22)14-23(17)34-16-31-25-24(29-15-30-26(25)34)18-5-4-6-19(13-18)27(35)32-21-7-2-3-8-21/h4-6,9-10,13-16,21-22H,2-3,7-8,11-12H2,1H3,(H,32,35)(H,33,36). The van der Waals surface area contributed by atoms with Crippen molar-refractivity contribution in [2.24, 2.45) is 0 Å². The van der Waals surface area contributed by atoms with Crippen molar-refractivity contribution < 1.29 is 9.59 Å². The lowest BCUT2D eigenvalue weighted by Crippen LogP contribution is -2.32. The van der Waals surface area contributed by atoms with Gasteiger partial charge in [0, 0.05) is 28.8 Å². The minimum absolute atomic E-state index is 0.0588. The Morgan fingerprint density at radius 1 is 0.861 bits per heavy atom. The zero-order chi connectivity index (χ0) is 24.6. The summed E-state index contributed by atoms with van der Waals surface area (Å²) in [7, 11) is 0. The number of rotatable bonds is 6. The lowest BCUT2D eigenvalue weighted by atomic mass is 10.1. The zero-order valence-corrected chi connectivity index (χ0v) is 20.2. The summed E-state index contributed by atoms with van der Waals surface area (Å²) < 4.78 is 1.89. The van der Waals surface area contributed by atoms with Crippen molar-refractivity contribution in [3.05, 3.63) is 71.8 Å². The molecule has 2 aromatic carbocycles. The average Bonchev–Trinajstić information content (AvgIpc) is 3.36. The number of nitrogens with one attached hydrogen (secondary N) is 2. The van der Waals surface area contributed by atoms with Crippen LogP contribution < -0.4 is 10.6 Å². The van der Waals surface area contributed by atoms with Gasteiger partial charge in [0.05, 0.1) is 5.69 Å². The van der Waals surface area contributed by atoms with Crippen molar-refractivity contribution in [1.82, 2.24) is 30.2 Å². The Kier molecular flexibility index (Phi) is 5.71. The third kappa shape index (κ3) is 4.34. The van der Waals surface area contributed by atoms with Crippen molar-refractivity contribution in [3.63, 3.8) is 0 Å². The van der Waals surface area contributed by atoms with Crippen molar-refractivity contribution in [2.75, 3.05) is 0 Å². The minimum atomic E-state index is -0.0637. The molecule has 0 spiro atoms. The molecule has 2 amide bonds. The highest BCUT2D eigenvalue weighted by Gasteiger charge is 2.24. The molecule has 182 valence electrons. The SMILES string of the molecule is Cc1ccc(C(=O)NC2CC2)cc1-n1cnc2c(-c3cccc(C(=O)NC4CCCC4)c3)ncnc21. The molecule has 0 unspecified atom stereocenters. The van der Waals surface area contributed by atoms with E-state index in [-0.39, 0.29) is 17.9 Å². The smallest absolute Gasteiger partial charge is 0.251 e. The van der Waals surface area contributed by atoms with Gasteiger partial charge in [0.1, 0.15) is 23.9 Å². The molecule has 2 fully saturated rings. The van der Waals surface area contributed by atoms with Crippen LogP contribution in [0.4, 0.5) is 0 Å². The van der Waals surface area contributed by atoms with Gasteiger partial charge in [0.15, 0.2) is 5.65 Å². The van der Waals surface area contributed by atoms with E-state index in [1.54, 1.807) is 6.33 Å². The van der Waals surface area contributed by atoms with E-state index in [2.05, 4.69) is 25.6 Å². The molecular weight excluding hydrogens is 452 g/mol. The van der Waals surface area contributed by atoms with Crippen molar-refractivity contribution in [3.8, 4) is 16.9 Å². The summed E-state index contributed by atoms with van der Waals surface area (Å²) in [5.41, 5.74) is 5.81. The molecule has 6 rings (SSSR count). The second-order valence-electron chi connectivity index (χ2n) is 9.79. The predicted octanol–water partition coefficient (Wildman–Crippen LogP) is 4.36. The van der Waals surface area contributed by atoms with Crippen LogP contribution in [-0.4, -0.2) is 43.4 Å². The molecule has 8 nitrogen and oxygen atoms in total. The number of fused-ring (bicyclic) bond motifs is 1. The number of aryl methyl sites for hydroxylation is 1. The lowest BCUT2D eigenvalue weighted by Gasteiger charge is -2.12. The Balaban J connectivity index is 1.34. The fraction of sp³-hybridized carbons (Fsp3) is 0.321. The molecule has 36 heavy (non-hydrogen) atoms. The Bertz CT molecular complexity index is 1470. The average molecular weight is 481 g/mol. The van der Waals surface area contributed by atoms with Gasteiger partial charge in [-0.3, -0.25) is 14.2 Å². The number of hydrogen-bond acceptors (Lipinski definition) is 5. The molecule has 2 aromatic heterocycles. The number of amides is 2. The van der Waals surface area contributed by atoms with Crippen LogP contribution in [0.5, 0.6) is 0 Å². The number of hydrogen-bond donors (Lipinski definition) is 2. The largest absolute Gasteiger partial charge is 0.349 e. The highest BCUT2D eigenvalue weighted by molar-refractivity contribution is 5.97. The lowest BCUT2D eigenvalue weighted by molar-refractivity contribution is 0.0934. The third-order valence-electron chi connectivity index (χ3n) is 7.07. The Morgan fingerprint density at radius 2 is 1.58 bits per heavy atom. The van der Waals surface area contributed by atoms with Gasteiger partial charge < -0.3 is 10.6 Å². The van der Waals surface area contributed by atoms with Crippen LogP contribution in [0.2, 0.25) is 0 Å². The van der Waals surface area contributed by atoms with Gasteiger partial charge in [-0.15, -0.1) is 0 Å². The maximum atomic E-state index is 12.8. The maximum Gasteiger partial charge on any atom is 0.251 e. The van der Waals surface area contributed by atoms with E-state index >= 15 is 0 Å². The molecule has 0 saturated heterocycles. The van der Waals surface area contributed by atoms with Crippen LogP contribution in [0.15, 0.2) is 55.1 Å². The topological polar surface area (TPSA) is 102 Å². The Labute approximate surface area is 209 Å². The molecule has 4 aromatic rings. The van der Waals surface area contributed by atoms with Crippen molar-refractivity contribution in [1.29, 1.82) is 0 Å². The summed E-state index contributed by atoms with van der Waals surface area (Å²) in [5.74, 6) is -0.123. The van der Waals surface area contributed by atoms with Crippen LogP contribution in [0.1, 0.15) is 64.8 Å². The number of nitrogens with zero attached hydrogens (tertiary/aromatic N) is 4. The van der Waals surface area contributed by atoms with E-state index in [1.807, 2.05) is 54.0 Å². The third-order valence-corrected chi connectivity index (χ3v) is 7.07. The van der Waals surface area contributed by atoms with E-state index < -0.39 is 0 Å². The van der Waals surface area contributed by atoms with Crippen LogP contribution in [-0.2, 0) is 0 Å². The second kappa shape index (κ2) is 9.18. The van der Waals surface area contributed by atoms with E-state index in [4.69, 9.17) is 0 Å². The molecule has 2 saturated carbocycles. The van der Waals surface area contributed by atoms with Gasteiger partial charge in [-0.2, -0.15) is 0 Å². The molecule has 2 heterocycles. The number of aromatic nitrogens is 4. The summed E-state index contributed by atoms with van der Waals surface area (Å²) in [6.07, 6.45) is 9.72. The van der Waals surface area contributed by atoms with E-state index in [0.29, 0.717) is 34.0 Å². The first kappa shape index (κ1) is 22.4. The first-order valence-corrected chi connectivity index (χ1v) is 12.6. The summed E-state index contributed by atoms with van der Waals surface area (Å²) in [4.78, 5) is 39.1. The van der Waals surface area contributed by atoms with Crippen LogP contribution in [0.3, 0.4) is 0 Å². The van der Waals surface area contributed by atoms with Gasteiger partial charge in [0.25, 0.3) is 11.8 Å². The Morgan fingerprint density at radius 3 is 2.33 bits per heavy atom. The Hall–Kier alpha value is -4.07. The molecule has 2 aliphatic rings. The number of carbonyl (C=O) groups excluding carboxylic acids is 2. The van der Waals surface area contributed by atoms with Gasteiger partial charge >= 0.3 is 0 Å². The summed E-state index contributed by atoms with van der Waals surface area (Å²) in [6, 6.07) is 13.7. The van der Waals surface area contributed by atoms with Crippen LogP contribution >= 0.6 is 0 Å². The molecular formula is C28H28N6O2. The van der Waals surface area contributed by atoms with E-state index in [0.717, 1.165) is 42.5 Å². The van der Waals surface area contributed by atoms with Gasteiger partial charge in [0.2, 0.25) is 0 Å². The molecule has 8 heteroatoms. The van der Waals surface area contributed by atoms with Crippen LogP contribution in [0.25, 0.3) is 28.1 Å². The molecule has 0 radical (unpaired) electrons.